The second-order valence-electron chi connectivity index (χ2n) is 3.28. The smallest absolute Gasteiger partial charge is 0.302 e. The lowest BCUT2D eigenvalue weighted by molar-refractivity contribution is -0.0258. The SMILES string of the molecule is C#CC1CC(C)(C)OP(=O)(O)O1. The standard InChI is InChI=1S/C7H11O4P/c1-4-6-5-7(2,3)11-12(8,9)10-6/h1,6H,5H2,2-3H3,(H,8,9). The molecule has 0 bridgehead atoms. The summed E-state index contributed by atoms with van der Waals surface area (Å²) in [6.07, 6.45) is 4.87. The molecule has 68 valence electrons. The van der Waals surface area contributed by atoms with Gasteiger partial charge in [-0.15, -0.1) is 6.42 Å². The first-order valence-electron chi connectivity index (χ1n) is 3.53. The fraction of sp³-hybridized carbons (Fsp3) is 0.714. The van der Waals surface area contributed by atoms with Crippen LogP contribution in [0.15, 0.2) is 0 Å². The number of terminal acetylenes is 1. The summed E-state index contributed by atoms with van der Waals surface area (Å²) in [5.74, 6) is 2.28. The van der Waals surface area contributed by atoms with Crippen molar-refractivity contribution >= 4 is 7.82 Å². The van der Waals surface area contributed by atoms with Crippen LogP contribution in [0, 0.1) is 12.3 Å². The maximum Gasteiger partial charge on any atom is 0.473 e. The molecule has 0 saturated carbocycles. The molecule has 1 aliphatic rings. The molecule has 0 spiro atoms. The Morgan fingerprint density at radius 2 is 2.33 bits per heavy atom. The molecule has 5 heteroatoms. The van der Waals surface area contributed by atoms with Crippen LogP contribution < -0.4 is 0 Å². The number of phosphoric ester groups is 1. The van der Waals surface area contributed by atoms with Crippen LogP contribution in [-0.4, -0.2) is 16.6 Å². The second-order valence-corrected chi connectivity index (χ2v) is 4.61. The van der Waals surface area contributed by atoms with Crippen LogP contribution in [0.1, 0.15) is 20.3 Å². The van der Waals surface area contributed by atoms with Gasteiger partial charge in [0.05, 0.1) is 5.60 Å². The van der Waals surface area contributed by atoms with Crippen molar-refractivity contribution in [3.05, 3.63) is 0 Å². The van der Waals surface area contributed by atoms with Gasteiger partial charge >= 0.3 is 7.82 Å². The molecule has 2 unspecified atom stereocenters. The van der Waals surface area contributed by atoms with Crippen LogP contribution >= 0.6 is 7.82 Å². The average molecular weight is 190 g/mol. The fourth-order valence-electron chi connectivity index (χ4n) is 1.10. The van der Waals surface area contributed by atoms with E-state index in [1.54, 1.807) is 13.8 Å². The summed E-state index contributed by atoms with van der Waals surface area (Å²) >= 11 is 0. The second kappa shape index (κ2) is 2.86. The summed E-state index contributed by atoms with van der Waals surface area (Å²) in [6.45, 7) is 3.39. The van der Waals surface area contributed by atoms with Gasteiger partial charge in [0.15, 0.2) is 0 Å². The Kier molecular flexibility index (Phi) is 2.33. The summed E-state index contributed by atoms with van der Waals surface area (Å²) < 4.78 is 20.4. The largest absolute Gasteiger partial charge is 0.473 e. The molecule has 1 saturated heterocycles. The van der Waals surface area contributed by atoms with Crippen molar-refractivity contribution in [3.8, 4) is 12.3 Å². The number of hydrogen-bond donors (Lipinski definition) is 1. The predicted molar refractivity (Wildman–Crippen MR) is 43.3 cm³/mol. The molecule has 0 aromatic rings. The molecular weight excluding hydrogens is 179 g/mol. The van der Waals surface area contributed by atoms with E-state index in [0.29, 0.717) is 6.42 Å². The lowest BCUT2D eigenvalue weighted by Gasteiger charge is -2.34. The van der Waals surface area contributed by atoms with Gasteiger partial charge in [0, 0.05) is 6.42 Å². The highest BCUT2D eigenvalue weighted by Crippen LogP contribution is 2.53. The van der Waals surface area contributed by atoms with Crippen molar-refractivity contribution in [1.29, 1.82) is 0 Å². The van der Waals surface area contributed by atoms with Gasteiger partial charge in [-0.05, 0) is 13.8 Å². The summed E-state index contributed by atoms with van der Waals surface area (Å²) in [5, 5.41) is 0. The summed E-state index contributed by atoms with van der Waals surface area (Å²) in [4.78, 5) is 9.03. The molecule has 0 amide bonds. The zero-order valence-corrected chi connectivity index (χ0v) is 7.88. The summed E-state index contributed by atoms with van der Waals surface area (Å²) in [5.41, 5.74) is -0.695. The molecular formula is C7H11O4P. The van der Waals surface area contributed by atoms with Crippen LogP contribution in [0.3, 0.4) is 0 Å². The first kappa shape index (κ1) is 9.76. The van der Waals surface area contributed by atoms with Gasteiger partial charge in [0.2, 0.25) is 0 Å². The van der Waals surface area contributed by atoms with E-state index in [2.05, 4.69) is 10.4 Å². The van der Waals surface area contributed by atoms with E-state index in [9.17, 15) is 4.57 Å². The van der Waals surface area contributed by atoms with E-state index in [-0.39, 0.29) is 0 Å². The fourth-order valence-corrected chi connectivity index (χ4v) is 2.30. The molecule has 0 aromatic carbocycles. The van der Waals surface area contributed by atoms with E-state index < -0.39 is 19.5 Å². The molecule has 12 heavy (non-hydrogen) atoms. The molecule has 1 heterocycles. The quantitative estimate of drug-likeness (QED) is 0.462. The maximum atomic E-state index is 11.0. The minimum Gasteiger partial charge on any atom is -0.302 e. The highest BCUT2D eigenvalue weighted by molar-refractivity contribution is 7.47. The Morgan fingerprint density at radius 3 is 2.75 bits per heavy atom. The summed E-state index contributed by atoms with van der Waals surface area (Å²) in [7, 11) is -3.92. The Morgan fingerprint density at radius 1 is 1.75 bits per heavy atom. The molecule has 1 fully saturated rings. The van der Waals surface area contributed by atoms with Crippen molar-refractivity contribution in [2.75, 3.05) is 0 Å². The molecule has 0 aromatic heterocycles. The first-order chi connectivity index (χ1) is 5.35. The highest BCUT2D eigenvalue weighted by atomic mass is 31.2. The predicted octanol–water partition coefficient (Wildman–Crippen LogP) is 1.30. The van der Waals surface area contributed by atoms with Gasteiger partial charge in [-0.1, -0.05) is 5.92 Å². The third-order valence-electron chi connectivity index (χ3n) is 1.49. The van der Waals surface area contributed by atoms with Crippen LogP contribution in [0.2, 0.25) is 0 Å². The lowest BCUT2D eigenvalue weighted by atomic mass is 10.0. The van der Waals surface area contributed by atoms with Crippen molar-refractivity contribution in [2.24, 2.45) is 0 Å². The number of hydrogen-bond acceptors (Lipinski definition) is 3. The normalized spacial score (nSPS) is 40.3. The highest BCUT2D eigenvalue weighted by Gasteiger charge is 2.41. The zero-order chi connectivity index (χ0) is 9.41. The average Bonchev–Trinajstić information content (AvgIpc) is 1.80. The summed E-state index contributed by atoms with van der Waals surface area (Å²) in [6, 6.07) is 0. The van der Waals surface area contributed by atoms with Crippen molar-refractivity contribution in [3.63, 3.8) is 0 Å². The van der Waals surface area contributed by atoms with Gasteiger partial charge in [0.1, 0.15) is 6.10 Å². The Balaban J connectivity index is 2.82. The molecule has 0 radical (unpaired) electrons. The molecule has 1 aliphatic heterocycles. The van der Waals surface area contributed by atoms with Crippen LogP contribution in [0.25, 0.3) is 0 Å². The van der Waals surface area contributed by atoms with Gasteiger partial charge in [-0.2, -0.15) is 0 Å². The van der Waals surface area contributed by atoms with E-state index in [0.717, 1.165) is 0 Å². The van der Waals surface area contributed by atoms with Gasteiger partial charge in [-0.25, -0.2) is 4.57 Å². The minimum atomic E-state index is -3.92. The van der Waals surface area contributed by atoms with Crippen LogP contribution in [-0.2, 0) is 13.6 Å². The van der Waals surface area contributed by atoms with Crippen molar-refractivity contribution in [1.82, 2.24) is 0 Å². The number of rotatable bonds is 0. The molecule has 2 atom stereocenters. The van der Waals surface area contributed by atoms with Gasteiger partial charge in [0.25, 0.3) is 0 Å². The van der Waals surface area contributed by atoms with E-state index in [1.165, 1.54) is 0 Å². The first-order valence-corrected chi connectivity index (χ1v) is 5.02. The monoisotopic (exact) mass is 190 g/mol. The van der Waals surface area contributed by atoms with E-state index >= 15 is 0 Å². The topological polar surface area (TPSA) is 55.8 Å². The molecule has 0 aliphatic carbocycles. The van der Waals surface area contributed by atoms with Crippen molar-refractivity contribution in [2.45, 2.75) is 32.0 Å². The zero-order valence-electron chi connectivity index (χ0n) is 6.98. The van der Waals surface area contributed by atoms with Crippen LogP contribution in [0.4, 0.5) is 0 Å². The molecule has 1 rings (SSSR count). The third kappa shape index (κ3) is 2.33. The van der Waals surface area contributed by atoms with E-state index in [1.807, 2.05) is 0 Å². The Bertz CT molecular complexity index is 265. The Hall–Kier alpha value is -0.330. The van der Waals surface area contributed by atoms with Crippen LogP contribution in [0.5, 0.6) is 0 Å². The lowest BCUT2D eigenvalue weighted by Crippen LogP contribution is -2.34. The van der Waals surface area contributed by atoms with Gasteiger partial charge in [-0.3, -0.25) is 9.05 Å². The maximum absolute atomic E-state index is 11.0. The minimum absolute atomic E-state index is 0.425. The number of phosphoric acid groups is 1. The third-order valence-corrected chi connectivity index (χ3v) is 2.73. The molecule has 1 N–H and O–H groups in total. The van der Waals surface area contributed by atoms with Crippen molar-refractivity contribution < 1.29 is 18.5 Å². The molecule has 4 nitrogen and oxygen atoms in total. The van der Waals surface area contributed by atoms with Gasteiger partial charge < -0.3 is 4.89 Å². The Labute approximate surface area is 71.5 Å². The van der Waals surface area contributed by atoms with E-state index in [4.69, 9.17) is 15.8 Å².